The first kappa shape index (κ1) is 14.3. The van der Waals surface area contributed by atoms with Crippen LogP contribution < -0.4 is 10.6 Å². The summed E-state index contributed by atoms with van der Waals surface area (Å²) in [5.41, 5.74) is 7.81. The number of nitrogen functional groups attached to an aromatic ring is 1. The first-order chi connectivity index (χ1) is 9.00. The van der Waals surface area contributed by atoms with E-state index in [1.54, 1.807) is 18.0 Å². The molecule has 0 atom stereocenters. The molecule has 98 valence electrons. The van der Waals surface area contributed by atoms with Gasteiger partial charge in [0.25, 0.3) is 5.91 Å². The number of hydrogen-bond donors (Lipinski definition) is 1. The van der Waals surface area contributed by atoms with Gasteiger partial charge in [0, 0.05) is 15.1 Å². The Hall–Kier alpha value is -1.08. The van der Waals surface area contributed by atoms with Gasteiger partial charge in [0.2, 0.25) is 0 Å². The van der Waals surface area contributed by atoms with Gasteiger partial charge < -0.3 is 10.6 Å². The van der Waals surface area contributed by atoms with E-state index in [9.17, 15) is 4.79 Å². The Morgan fingerprint density at radius 2 is 1.95 bits per heavy atom. The largest absolute Gasteiger partial charge is 0.397 e. The Kier molecular flexibility index (Phi) is 4.46. The van der Waals surface area contributed by atoms with Gasteiger partial charge >= 0.3 is 0 Å². The summed E-state index contributed by atoms with van der Waals surface area (Å²) in [4.78, 5) is 14.1. The van der Waals surface area contributed by atoms with Crippen LogP contribution in [0.15, 0.2) is 46.9 Å². The molecule has 0 aliphatic heterocycles. The molecule has 2 rings (SSSR count). The molecule has 0 heterocycles. The average Bonchev–Trinajstić information content (AvgIpc) is 2.40. The fourth-order valence-corrected chi connectivity index (χ4v) is 2.65. The van der Waals surface area contributed by atoms with Gasteiger partial charge in [-0.05, 0) is 68.9 Å². The summed E-state index contributed by atoms with van der Waals surface area (Å²) in [6.07, 6.45) is 0. The van der Waals surface area contributed by atoms with Crippen LogP contribution in [-0.4, -0.2) is 13.0 Å². The highest BCUT2D eigenvalue weighted by Gasteiger charge is 2.18. The van der Waals surface area contributed by atoms with Gasteiger partial charge in [0.05, 0.1) is 16.9 Å². The van der Waals surface area contributed by atoms with Crippen LogP contribution in [0.1, 0.15) is 10.4 Å². The van der Waals surface area contributed by atoms with E-state index in [1.807, 2.05) is 36.4 Å². The van der Waals surface area contributed by atoms with Crippen molar-refractivity contribution in [2.45, 2.75) is 0 Å². The van der Waals surface area contributed by atoms with E-state index in [1.165, 1.54) is 0 Å². The van der Waals surface area contributed by atoms with Gasteiger partial charge in [-0.1, -0.05) is 12.1 Å². The van der Waals surface area contributed by atoms with Crippen LogP contribution in [0.4, 0.5) is 11.4 Å². The molecule has 0 radical (unpaired) electrons. The molecule has 0 saturated heterocycles. The number of halogens is 2. The number of nitrogens with zero attached hydrogens (tertiary/aromatic N) is 1. The van der Waals surface area contributed by atoms with Gasteiger partial charge in [0.15, 0.2) is 0 Å². The summed E-state index contributed by atoms with van der Waals surface area (Å²) in [5, 5.41) is 0. The summed E-state index contributed by atoms with van der Waals surface area (Å²) < 4.78 is 1.79. The lowest BCUT2D eigenvalue weighted by Crippen LogP contribution is -2.27. The molecule has 0 bridgehead atoms. The maximum absolute atomic E-state index is 12.5. The van der Waals surface area contributed by atoms with Crippen LogP contribution in [0.2, 0.25) is 0 Å². The van der Waals surface area contributed by atoms with E-state index in [-0.39, 0.29) is 5.91 Å². The van der Waals surface area contributed by atoms with Crippen LogP contribution in [0.5, 0.6) is 0 Å². The van der Waals surface area contributed by atoms with E-state index in [0.29, 0.717) is 16.9 Å². The molecule has 0 aliphatic carbocycles. The van der Waals surface area contributed by atoms with Crippen molar-refractivity contribution in [3.05, 3.63) is 56.1 Å². The molecule has 3 nitrogen and oxygen atoms in total. The highest BCUT2D eigenvalue weighted by Crippen LogP contribution is 2.26. The van der Waals surface area contributed by atoms with Crippen molar-refractivity contribution in [2.24, 2.45) is 0 Å². The highest BCUT2D eigenvalue weighted by atomic mass is 127. The van der Waals surface area contributed by atoms with Crippen molar-refractivity contribution in [2.75, 3.05) is 17.7 Å². The standard InChI is InChI=1S/C14H12BrIN2O/c1-18(13-5-3-2-4-12(13)17)14(19)10-8-9(16)6-7-11(10)15/h2-8H,17H2,1H3. The van der Waals surface area contributed by atoms with E-state index >= 15 is 0 Å². The lowest BCUT2D eigenvalue weighted by molar-refractivity contribution is 0.0992. The zero-order chi connectivity index (χ0) is 14.0. The maximum atomic E-state index is 12.5. The second-order valence-electron chi connectivity index (χ2n) is 4.05. The molecule has 0 unspecified atom stereocenters. The Bertz CT molecular complexity index is 631. The SMILES string of the molecule is CN(C(=O)c1cc(I)ccc1Br)c1ccccc1N. The van der Waals surface area contributed by atoms with Crippen molar-refractivity contribution < 1.29 is 4.79 Å². The van der Waals surface area contributed by atoms with Gasteiger partial charge in [-0.15, -0.1) is 0 Å². The zero-order valence-electron chi connectivity index (χ0n) is 10.2. The van der Waals surface area contributed by atoms with Gasteiger partial charge in [-0.3, -0.25) is 4.79 Å². The second-order valence-corrected chi connectivity index (χ2v) is 6.15. The molecule has 5 heteroatoms. The minimum atomic E-state index is -0.0942. The van der Waals surface area contributed by atoms with Crippen molar-refractivity contribution in [3.63, 3.8) is 0 Å². The van der Waals surface area contributed by atoms with E-state index in [4.69, 9.17) is 5.73 Å². The maximum Gasteiger partial charge on any atom is 0.259 e. The lowest BCUT2D eigenvalue weighted by Gasteiger charge is -2.20. The predicted octanol–water partition coefficient (Wildman–Crippen LogP) is 3.91. The molecule has 0 saturated carbocycles. The number of para-hydroxylation sites is 2. The topological polar surface area (TPSA) is 46.3 Å². The third-order valence-electron chi connectivity index (χ3n) is 2.76. The molecule has 0 spiro atoms. The molecule has 19 heavy (non-hydrogen) atoms. The smallest absolute Gasteiger partial charge is 0.259 e. The summed E-state index contributed by atoms with van der Waals surface area (Å²) in [6, 6.07) is 13.0. The molecule has 0 fully saturated rings. The number of carbonyl (C=O) groups excluding carboxylic acids is 1. The molecule has 1 amide bonds. The lowest BCUT2D eigenvalue weighted by atomic mass is 10.2. The van der Waals surface area contributed by atoms with Crippen LogP contribution in [0.25, 0.3) is 0 Å². The number of anilines is 2. The summed E-state index contributed by atoms with van der Waals surface area (Å²) >= 11 is 5.59. The monoisotopic (exact) mass is 430 g/mol. The zero-order valence-corrected chi connectivity index (χ0v) is 14.0. The molecule has 0 aliphatic rings. The summed E-state index contributed by atoms with van der Waals surface area (Å²) in [5.74, 6) is -0.0942. The Labute approximate surface area is 134 Å². The van der Waals surface area contributed by atoms with Crippen LogP contribution in [0, 0.1) is 3.57 Å². The molecule has 2 N–H and O–H groups in total. The van der Waals surface area contributed by atoms with Gasteiger partial charge in [0.1, 0.15) is 0 Å². The first-order valence-corrected chi connectivity index (χ1v) is 7.45. The highest BCUT2D eigenvalue weighted by molar-refractivity contribution is 14.1. The summed E-state index contributed by atoms with van der Waals surface area (Å²) in [6.45, 7) is 0. The molecular formula is C14H12BrIN2O. The average molecular weight is 431 g/mol. The van der Waals surface area contributed by atoms with E-state index in [2.05, 4.69) is 38.5 Å². The predicted molar refractivity (Wildman–Crippen MR) is 90.4 cm³/mol. The molecule has 2 aromatic rings. The third kappa shape index (κ3) is 3.09. The van der Waals surface area contributed by atoms with Crippen LogP contribution in [0.3, 0.4) is 0 Å². The first-order valence-electron chi connectivity index (χ1n) is 5.58. The summed E-state index contributed by atoms with van der Waals surface area (Å²) in [7, 11) is 1.72. The third-order valence-corrected chi connectivity index (χ3v) is 4.12. The van der Waals surface area contributed by atoms with E-state index in [0.717, 1.165) is 8.04 Å². The van der Waals surface area contributed by atoms with Crippen molar-refractivity contribution in [1.29, 1.82) is 0 Å². The van der Waals surface area contributed by atoms with Gasteiger partial charge in [-0.25, -0.2) is 0 Å². The van der Waals surface area contributed by atoms with E-state index < -0.39 is 0 Å². The quantitative estimate of drug-likeness (QED) is 0.579. The minimum Gasteiger partial charge on any atom is -0.397 e. The van der Waals surface area contributed by atoms with Crippen LogP contribution in [-0.2, 0) is 0 Å². The Morgan fingerprint density at radius 3 is 2.63 bits per heavy atom. The molecule has 0 aromatic heterocycles. The second kappa shape index (κ2) is 5.92. The molecule has 2 aromatic carbocycles. The van der Waals surface area contributed by atoms with Crippen molar-refractivity contribution >= 4 is 55.8 Å². The van der Waals surface area contributed by atoms with Crippen molar-refractivity contribution in [1.82, 2.24) is 0 Å². The fraction of sp³-hybridized carbons (Fsp3) is 0.0714. The minimum absolute atomic E-state index is 0.0942. The Balaban J connectivity index is 2.39. The van der Waals surface area contributed by atoms with Crippen LogP contribution >= 0.6 is 38.5 Å². The Morgan fingerprint density at radius 1 is 1.26 bits per heavy atom. The number of amides is 1. The normalized spacial score (nSPS) is 10.3. The molecular weight excluding hydrogens is 419 g/mol. The number of nitrogens with two attached hydrogens (primary N) is 1. The number of carbonyl (C=O) groups is 1. The fourth-order valence-electron chi connectivity index (χ4n) is 1.74. The van der Waals surface area contributed by atoms with Crippen molar-refractivity contribution in [3.8, 4) is 0 Å². The number of hydrogen-bond acceptors (Lipinski definition) is 2. The number of benzene rings is 2. The number of rotatable bonds is 2. The van der Waals surface area contributed by atoms with Gasteiger partial charge in [-0.2, -0.15) is 0 Å².